The van der Waals surface area contributed by atoms with Crippen molar-refractivity contribution in [1.29, 1.82) is 0 Å². The lowest BCUT2D eigenvalue weighted by Crippen LogP contribution is -2.11. The van der Waals surface area contributed by atoms with Gasteiger partial charge in [-0.2, -0.15) is 0 Å². The molecule has 148 valence electrons. The Labute approximate surface area is 163 Å². The number of methoxy groups -OCH3 is 1. The van der Waals surface area contributed by atoms with E-state index in [-0.39, 0.29) is 22.9 Å². The van der Waals surface area contributed by atoms with Crippen LogP contribution in [0.2, 0.25) is 0 Å². The highest BCUT2D eigenvalue weighted by atomic mass is 16.6. The van der Waals surface area contributed by atoms with Crippen LogP contribution < -0.4 is 10.1 Å². The Morgan fingerprint density at radius 1 is 1.36 bits per heavy atom. The van der Waals surface area contributed by atoms with Gasteiger partial charge in [-0.15, -0.1) is 0 Å². The molecule has 0 saturated heterocycles. The number of benzene rings is 2. The number of ether oxygens (including phenoxy) is 1. The molecule has 8 heteroatoms. The Bertz CT molecular complexity index is 909. The molecule has 0 aliphatic heterocycles. The highest BCUT2D eigenvalue weighted by Gasteiger charge is 2.13. The highest BCUT2D eigenvalue weighted by molar-refractivity contribution is 5.93. The maximum atomic E-state index is 11.9. The molecule has 0 spiro atoms. The third-order valence-corrected chi connectivity index (χ3v) is 4.09. The van der Waals surface area contributed by atoms with E-state index in [0.717, 1.165) is 12.8 Å². The number of aliphatic imine (C=N–C) groups is 1. The van der Waals surface area contributed by atoms with Gasteiger partial charge in [0.15, 0.2) is 0 Å². The topological polar surface area (TPSA) is 114 Å². The number of amides is 1. The van der Waals surface area contributed by atoms with Crippen LogP contribution in [0.4, 0.5) is 17.1 Å². The molecule has 2 aromatic carbocycles. The van der Waals surface area contributed by atoms with Crippen molar-refractivity contribution >= 4 is 29.2 Å². The fourth-order valence-electron chi connectivity index (χ4n) is 2.55. The lowest BCUT2D eigenvalue weighted by Gasteiger charge is -2.10. The molecule has 0 aromatic heterocycles. The first-order valence-corrected chi connectivity index (χ1v) is 8.85. The van der Waals surface area contributed by atoms with Crippen LogP contribution in [-0.2, 0) is 4.79 Å². The number of hydrogen-bond acceptors (Lipinski definition) is 6. The zero-order valence-electron chi connectivity index (χ0n) is 16.1. The molecule has 0 fully saturated rings. The molecular formula is C20H23N3O5. The quantitative estimate of drug-likeness (QED) is 0.394. The van der Waals surface area contributed by atoms with Crippen LogP contribution in [0.1, 0.15) is 37.3 Å². The van der Waals surface area contributed by atoms with Crippen LogP contribution in [0.3, 0.4) is 0 Å². The average molecular weight is 385 g/mol. The van der Waals surface area contributed by atoms with E-state index in [2.05, 4.69) is 10.3 Å². The predicted molar refractivity (Wildman–Crippen MR) is 108 cm³/mol. The monoisotopic (exact) mass is 385 g/mol. The molecule has 1 amide bonds. The fourth-order valence-corrected chi connectivity index (χ4v) is 2.55. The number of non-ortho nitro benzene ring substituents is 1. The van der Waals surface area contributed by atoms with Gasteiger partial charge in [-0.05, 0) is 31.0 Å². The number of nitrogens with zero attached hydrogens (tertiary/aromatic N) is 2. The average Bonchev–Trinajstić information content (AvgIpc) is 2.67. The Hall–Kier alpha value is -3.42. The second kappa shape index (κ2) is 9.50. The molecule has 2 rings (SSSR count). The number of unbranched alkanes of at least 4 members (excludes halogenated alkanes) is 1. The molecule has 0 bridgehead atoms. The summed E-state index contributed by atoms with van der Waals surface area (Å²) in [5.41, 5.74) is 1.55. The van der Waals surface area contributed by atoms with E-state index in [0.29, 0.717) is 29.1 Å². The molecule has 0 aliphatic rings. The van der Waals surface area contributed by atoms with E-state index < -0.39 is 4.92 Å². The summed E-state index contributed by atoms with van der Waals surface area (Å²) in [6.45, 7) is 3.60. The van der Waals surface area contributed by atoms with Crippen LogP contribution in [0, 0.1) is 17.0 Å². The van der Waals surface area contributed by atoms with E-state index in [4.69, 9.17) is 4.74 Å². The smallest absolute Gasteiger partial charge is 0.270 e. The maximum Gasteiger partial charge on any atom is 0.270 e. The second-order valence-electron chi connectivity index (χ2n) is 6.25. The van der Waals surface area contributed by atoms with Crippen molar-refractivity contribution in [3.05, 3.63) is 51.6 Å². The molecule has 0 unspecified atom stereocenters. The number of hydrogen-bond donors (Lipinski definition) is 2. The van der Waals surface area contributed by atoms with Gasteiger partial charge in [0.05, 0.1) is 23.4 Å². The number of carbonyl (C=O) groups excluding carboxylic acids is 1. The Balaban J connectivity index is 2.25. The Kier molecular flexibility index (Phi) is 7.08. The number of nitro groups is 1. The molecule has 0 heterocycles. The zero-order valence-corrected chi connectivity index (χ0v) is 16.1. The maximum absolute atomic E-state index is 11.9. The molecule has 2 aromatic rings. The molecule has 0 aliphatic carbocycles. The number of aryl methyl sites for hydroxylation is 1. The van der Waals surface area contributed by atoms with Gasteiger partial charge in [0.25, 0.3) is 5.69 Å². The minimum absolute atomic E-state index is 0.0684. The number of rotatable bonds is 8. The van der Waals surface area contributed by atoms with Gasteiger partial charge in [-0.3, -0.25) is 19.9 Å². The van der Waals surface area contributed by atoms with E-state index in [1.54, 1.807) is 25.1 Å². The number of phenols is 1. The molecular weight excluding hydrogens is 362 g/mol. The lowest BCUT2D eigenvalue weighted by atomic mass is 10.1. The number of nitrogens with one attached hydrogen (secondary N) is 1. The number of carbonyl (C=O) groups is 1. The van der Waals surface area contributed by atoms with Crippen molar-refractivity contribution in [3.63, 3.8) is 0 Å². The van der Waals surface area contributed by atoms with E-state index >= 15 is 0 Å². The molecule has 28 heavy (non-hydrogen) atoms. The molecule has 8 nitrogen and oxygen atoms in total. The number of nitro benzene ring substituents is 1. The summed E-state index contributed by atoms with van der Waals surface area (Å²) < 4.78 is 5.31. The SMILES string of the molecule is CCCCC(=O)Nc1ccc(N=Cc2cc([N+](=O)[O-])cc(C)c2O)cc1OC. The van der Waals surface area contributed by atoms with E-state index in [1.165, 1.54) is 25.5 Å². The van der Waals surface area contributed by atoms with Gasteiger partial charge in [0, 0.05) is 36.4 Å². The first-order valence-electron chi connectivity index (χ1n) is 8.85. The number of aromatic hydroxyl groups is 1. The van der Waals surface area contributed by atoms with Gasteiger partial charge < -0.3 is 15.2 Å². The number of anilines is 1. The van der Waals surface area contributed by atoms with Crippen LogP contribution in [0.25, 0.3) is 0 Å². The fraction of sp³-hybridized carbons (Fsp3) is 0.300. The summed E-state index contributed by atoms with van der Waals surface area (Å²) >= 11 is 0. The predicted octanol–water partition coefficient (Wildman–Crippen LogP) is 4.50. The Morgan fingerprint density at radius 3 is 2.75 bits per heavy atom. The van der Waals surface area contributed by atoms with Crippen LogP contribution in [0.5, 0.6) is 11.5 Å². The summed E-state index contributed by atoms with van der Waals surface area (Å²) in [5, 5.41) is 23.9. The zero-order chi connectivity index (χ0) is 20.7. The summed E-state index contributed by atoms with van der Waals surface area (Å²) in [6.07, 6.45) is 3.53. The van der Waals surface area contributed by atoms with Crippen molar-refractivity contribution in [2.24, 2.45) is 4.99 Å². The molecule has 2 N–H and O–H groups in total. The summed E-state index contributed by atoms with van der Waals surface area (Å²) in [6, 6.07) is 7.54. The van der Waals surface area contributed by atoms with Crippen molar-refractivity contribution in [3.8, 4) is 11.5 Å². The third-order valence-electron chi connectivity index (χ3n) is 4.09. The van der Waals surface area contributed by atoms with Crippen molar-refractivity contribution in [1.82, 2.24) is 0 Å². The number of phenolic OH excluding ortho intramolecular Hbond substituents is 1. The minimum Gasteiger partial charge on any atom is -0.507 e. The van der Waals surface area contributed by atoms with Crippen LogP contribution in [-0.4, -0.2) is 29.3 Å². The van der Waals surface area contributed by atoms with Gasteiger partial charge in [0.1, 0.15) is 11.5 Å². The summed E-state index contributed by atoms with van der Waals surface area (Å²) in [7, 11) is 1.49. The van der Waals surface area contributed by atoms with Gasteiger partial charge in [0.2, 0.25) is 5.91 Å². The minimum atomic E-state index is -0.525. The van der Waals surface area contributed by atoms with Crippen molar-refractivity contribution < 1.29 is 19.6 Å². The van der Waals surface area contributed by atoms with Crippen molar-refractivity contribution in [2.45, 2.75) is 33.1 Å². The second-order valence-corrected chi connectivity index (χ2v) is 6.25. The normalized spacial score (nSPS) is 10.8. The largest absolute Gasteiger partial charge is 0.507 e. The lowest BCUT2D eigenvalue weighted by molar-refractivity contribution is -0.384. The Morgan fingerprint density at radius 2 is 2.11 bits per heavy atom. The van der Waals surface area contributed by atoms with Gasteiger partial charge >= 0.3 is 0 Å². The first-order chi connectivity index (χ1) is 13.3. The van der Waals surface area contributed by atoms with E-state index in [1.807, 2.05) is 6.92 Å². The summed E-state index contributed by atoms with van der Waals surface area (Å²) in [4.78, 5) is 26.6. The standard InChI is InChI=1S/C20H23N3O5/c1-4-5-6-19(24)22-17-8-7-15(11-18(17)28-3)21-12-14-10-16(23(26)27)9-13(2)20(14)25/h7-12,25H,4-6H2,1-3H3,(H,22,24). The van der Waals surface area contributed by atoms with Crippen molar-refractivity contribution in [2.75, 3.05) is 12.4 Å². The summed E-state index contributed by atoms with van der Waals surface area (Å²) in [5.74, 6) is 0.286. The molecule has 0 saturated carbocycles. The van der Waals surface area contributed by atoms with Gasteiger partial charge in [-0.1, -0.05) is 13.3 Å². The van der Waals surface area contributed by atoms with Crippen LogP contribution in [0.15, 0.2) is 35.3 Å². The molecule has 0 atom stereocenters. The van der Waals surface area contributed by atoms with E-state index in [9.17, 15) is 20.0 Å². The third kappa shape index (κ3) is 5.29. The molecule has 0 radical (unpaired) electrons. The first kappa shape index (κ1) is 20.9. The van der Waals surface area contributed by atoms with Gasteiger partial charge in [-0.25, -0.2) is 0 Å². The van der Waals surface area contributed by atoms with Crippen LogP contribution >= 0.6 is 0 Å². The highest BCUT2D eigenvalue weighted by Crippen LogP contribution is 2.31.